The first-order chi connectivity index (χ1) is 8.22. The second-order valence-corrected chi connectivity index (χ2v) is 10.0. The lowest BCUT2D eigenvalue weighted by atomic mass is 10.2. The van der Waals surface area contributed by atoms with Crippen molar-refractivity contribution in [1.29, 1.82) is 0 Å². The molecule has 0 aliphatic rings. The van der Waals surface area contributed by atoms with E-state index >= 15 is 0 Å². The number of thioether (sulfide) groups is 1. The predicted octanol–water partition coefficient (Wildman–Crippen LogP) is 2.42. The summed E-state index contributed by atoms with van der Waals surface area (Å²) in [5.41, 5.74) is 0. The van der Waals surface area contributed by atoms with Crippen molar-refractivity contribution >= 4 is 49.1 Å². The van der Waals surface area contributed by atoms with Gasteiger partial charge in [-0.15, -0.1) is 11.3 Å². The molecule has 0 amide bonds. The number of halogens is 1. The molecule has 1 heterocycles. The van der Waals surface area contributed by atoms with Gasteiger partial charge in [0.2, 0.25) is 10.0 Å². The summed E-state index contributed by atoms with van der Waals surface area (Å²) in [6, 6.07) is 1.49. The first kappa shape index (κ1) is 16.5. The van der Waals surface area contributed by atoms with E-state index in [0.29, 0.717) is 15.2 Å². The van der Waals surface area contributed by atoms with Gasteiger partial charge in [-0.1, -0.05) is 0 Å². The van der Waals surface area contributed by atoms with E-state index in [1.165, 1.54) is 17.4 Å². The Morgan fingerprint density at radius 2 is 2.17 bits per heavy atom. The summed E-state index contributed by atoms with van der Waals surface area (Å²) >= 11 is 6.04. The number of hydrogen-bond acceptors (Lipinski definition) is 5. The standard InChI is InChI=1S/C10H16BrNO3S3/c1-10(2,16-3)6-12-18(14,15)8-4-7(5-13)17-9(8)11/h4,12-13H,5-6H2,1-3H3. The van der Waals surface area contributed by atoms with Gasteiger partial charge in [0.15, 0.2) is 0 Å². The summed E-state index contributed by atoms with van der Waals surface area (Å²) in [5, 5.41) is 9.01. The van der Waals surface area contributed by atoms with Crippen molar-refractivity contribution in [3.63, 3.8) is 0 Å². The van der Waals surface area contributed by atoms with Gasteiger partial charge in [-0.25, -0.2) is 13.1 Å². The first-order valence-corrected chi connectivity index (χ1v) is 9.47. The average Bonchev–Trinajstić information content (AvgIpc) is 2.69. The third kappa shape index (κ3) is 4.21. The molecule has 1 aromatic heterocycles. The van der Waals surface area contributed by atoms with Crippen molar-refractivity contribution in [3.05, 3.63) is 14.7 Å². The molecule has 0 aromatic carbocycles. The van der Waals surface area contributed by atoms with Crippen molar-refractivity contribution in [2.24, 2.45) is 0 Å². The van der Waals surface area contributed by atoms with Crippen LogP contribution in [-0.2, 0) is 16.6 Å². The van der Waals surface area contributed by atoms with Gasteiger partial charge < -0.3 is 5.11 Å². The van der Waals surface area contributed by atoms with Crippen molar-refractivity contribution < 1.29 is 13.5 Å². The molecule has 0 aliphatic heterocycles. The smallest absolute Gasteiger partial charge is 0.242 e. The van der Waals surface area contributed by atoms with E-state index in [4.69, 9.17) is 5.11 Å². The second kappa shape index (κ2) is 6.23. The number of nitrogens with one attached hydrogen (secondary N) is 1. The topological polar surface area (TPSA) is 66.4 Å². The number of hydrogen-bond donors (Lipinski definition) is 2. The Morgan fingerprint density at radius 1 is 1.56 bits per heavy atom. The molecule has 0 unspecified atom stereocenters. The number of aliphatic hydroxyl groups is 1. The summed E-state index contributed by atoms with van der Waals surface area (Å²) in [6.45, 7) is 4.15. The minimum Gasteiger partial charge on any atom is -0.391 e. The monoisotopic (exact) mass is 373 g/mol. The van der Waals surface area contributed by atoms with Crippen molar-refractivity contribution in [1.82, 2.24) is 4.72 Å². The van der Waals surface area contributed by atoms with Crippen molar-refractivity contribution in [2.75, 3.05) is 12.8 Å². The number of aliphatic hydroxyl groups excluding tert-OH is 1. The molecule has 0 saturated carbocycles. The minimum absolute atomic E-state index is 0.157. The van der Waals surface area contributed by atoms with Gasteiger partial charge in [0.1, 0.15) is 4.90 Å². The van der Waals surface area contributed by atoms with E-state index in [-0.39, 0.29) is 16.2 Å². The molecule has 18 heavy (non-hydrogen) atoms. The molecule has 0 saturated heterocycles. The molecule has 0 radical (unpaired) electrons. The van der Waals surface area contributed by atoms with Crippen LogP contribution >= 0.6 is 39.0 Å². The lowest BCUT2D eigenvalue weighted by Crippen LogP contribution is -2.36. The van der Waals surface area contributed by atoms with Crippen molar-refractivity contribution in [2.45, 2.75) is 30.1 Å². The summed E-state index contributed by atoms with van der Waals surface area (Å²) in [7, 11) is -3.53. The molecule has 1 rings (SSSR count). The van der Waals surface area contributed by atoms with E-state index in [9.17, 15) is 8.42 Å². The Kier molecular flexibility index (Phi) is 5.70. The molecular formula is C10H16BrNO3S3. The second-order valence-electron chi connectivity index (χ2n) is 4.30. The number of thiophene rings is 1. The number of rotatable bonds is 6. The molecule has 0 bridgehead atoms. The van der Waals surface area contributed by atoms with Gasteiger partial charge in [-0.3, -0.25) is 0 Å². The van der Waals surface area contributed by atoms with Crippen LogP contribution in [0.3, 0.4) is 0 Å². The quantitative estimate of drug-likeness (QED) is 0.803. The van der Waals surface area contributed by atoms with Gasteiger partial charge >= 0.3 is 0 Å². The molecular weight excluding hydrogens is 358 g/mol. The molecule has 0 aliphatic carbocycles. The average molecular weight is 374 g/mol. The predicted molar refractivity (Wildman–Crippen MR) is 80.7 cm³/mol. The fourth-order valence-electron chi connectivity index (χ4n) is 1.08. The van der Waals surface area contributed by atoms with Gasteiger partial charge in [-0.05, 0) is 42.1 Å². The van der Waals surface area contributed by atoms with Crippen LogP contribution in [-0.4, -0.2) is 31.1 Å². The molecule has 0 atom stereocenters. The highest BCUT2D eigenvalue weighted by molar-refractivity contribution is 9.11. The summed E-state index contributed by atoms with van der Waals surface area (Å²) in [4.78, 5) is 0.805. The summed E-state index contributed by atoms with van der Waals surface area (Å²) < 4.78 is 27.2. The van der Waals surface area contributed by atoms with Gasteiger partial charge in [-0.2, -0.15) is 11.8 Å². The lowest BCUT2D eigenvalue weighted by molar-refractivity contribution is 0.285. The third-order valence-electron chi connectivity index (χ3n) is 2.39. The van der Waals surface area contributed by atoms with Crippen molar-refractivity contribution in [3.8, 4) is 0 Å². The van der Waals surface area contributed by atoms with E-state index in [0.717, 1.165) is 0 Å². The van der Waals surface area contributed by atoms with Crippen LogP contribution < -0.4 is 4.72 Å². The zero-order valence-electron chi connectivity index (χ0n) is 10.4. The zero-order valence-corrected chi connectivity index (χ0v) is 14.4. The van der Waals surface area contributed by atoms with Gasteiger partial charge in [0.25, 0.3) is 0 Å². The molecule has 0 fully saturated rings. The van der Waals surface area contributed by atoms with E-state index in [1.54, 1.807) is 11.8 Å². The molecule has 8 heteroatoms. The Bertz CT molecular complexity index is 510. The molecule has 2 N–H and O–H groups in total. The normalized spacial score (nSPS) is 12.9. The van der Waals surface area contributed by atoms with Crippen LogP contribution in [0.4, 0.5) is 0 Å². The lowest BCUT2D eigenvalue weighted by Gasteiger charge is -2.22. The maximum atomic E-state index is 12.1. The van der Waals surface area contributed by atoms with Gasteiger partial charge in [0, 0.05) is 16.2 Å². The fourth-order valence-corrected chi connectivity index (χ4v) is 5.14. The molecule has 4 nitrogen and oxygen atoms in total. The molecule has 1 aromatic rings. The maximum absolute atomic E-state index is 12.1. The van der Waals surface area contributed by atoms with Gasteiger partial charge in [0.05, 0.1) is 10.4 Å². The first-order valence-electron chi connectivity index (χ1n) is 5.16. The summed E-state index contributed by atoms with van der Waals surface area (Å²) in [6.07, 6.45) is 1.94. The molecule has 0 spiro atoms. The molecule has 104 valence electrons. The SMILES string of the molecule is CSC(C)(C)CNS(=O)(=O)c1cc(CO)sc1Br. The van der Waals surface area contributed by atoms with Crippen LogP contribution in [0, 0.1) is 0 Å². The summed E-state index contributed by atoms with van der Waals surface area (Å²) in [5.74, 6) is 0. The van der Waals surface area contributed by atoms with E-state index < -0.39 is 10.0 Å². The fraction of sp³-hybridized carbons (Fsp3) is 0.600. The Morgan fingerprint density at radius 3 is 2.61 bits per heavy atom. The van der Waals surface area contributed by atoms with Crippen LogP contribution in [0.15, 0.2) is 14.7 Å². The Labute approximate surface area is 124 Å². The maximum Gasteiger partial charge on any atom is 0.242 e. The third-order valence-corrected chi connectivity index (χ3v) is 7.28. The van der Waals surface area contributed by atoms with Crippen LogP contribution in [0.1, 0.15) is 18.7 Å². The highest BCUT2D eigenvalue weighted by atomic mass is 79.9. The van der Waals surface area contributed by atoms with Crippen LogP contribution in [0.5, 0.6) is 0 Å². The largest absolute Gasteiger partial charge is 0.391 e. The Balaban J connectivity index is 2.90. The van der Waals surface area contributed by atoms with E-state index in [2.05, 4.69) is 20.7 Å². The highest BCUT2D eigenvalue weighted by Gasteiger charge is 2.24. The Hall–Kier alpha value is 0.400. The van der Waals surface area contributed by atoms with Crippen LogP contribution in [0.2, 0.25) is 0 Å². The van der Waals surface area contributed by atoms with E-state index in [1.807, 2.05) is 20.1 Å². The zero-order chi connectivity index (χ0) is 14.0. The van der Waals surface area contributed by atoms with Crippen LogP contribution in [0.25, 0.3) is 0 Å². The highest BCUT2D eigenvalue weighted by Crippen LogP contribution is 2.32. The number of sulfonamides is 1. The minimum atomic E-state index is -3.53.